The summed E-state index contributed by atoms with van der Waals surface area (Å²) < 4.78 is 11.3. The number of benzene rings is 2. The number of aromatic nitrogens is 1. The summed E-state index contributed by atoms with van der Waals surface area (Å²) in [5.41, 5.74) is 2.26. The van der Waals surface area contributed by atoms with Gasteiger partial charge in [-0.3, -0.25) is 4.79 Å². The second-order valence-electron chi connectivity index (χ2n) is 6.62. The number of rotatable bonds is 7. The van der Waals surface area contributed by atoms with Crippen molar-refractivity contribution in [2.75, 3.05) is 27.2 Å². The molecule has 150 valence electrons. The van der Waals surface area contributed by atoms with E-state index in [1.807, 2.05) is 57.3 Å². The number of fused-ring (bicyclic) bond motifs is 1. The number of ether oxygens (including phenoxy) is 1. The minimum Gasteiger partial charge on any atom is -0.488 e. The van der Waals surface area contributed by atoms with Gasteiger partial charge in [-0.15, -0.1) is 12.4 Å². The molecule has 0 fully saturated rings. The van der Waals surface area contributed by atoms with Gasteiger partial charge in [-0.05, 0) is 43.8 Å². The molecule has 7 heteroatoms. The first-order chi connectivity index (χ1) is 13.0. The fourth-order valence-electron chi connectivity index (χ4n) is 2.95. The van der Waals surface area contributed by atoms with Crippen LogP contribution < -0.4 is 10.1 Å². The molecule has 0 aliphatic heterocycles. The SMILES string of the molecule is CNCCN(C)C(=O)c1cc2ccccc2cc1OCc1c(C)noc1C.Cl. The first-order valence-electron chi connectivity index (χ1n) is 8.98. The second-order valence-corrected chi connectivity index (χ2v) is 6.62. The molecule has 1 aromatic heterocycles. The van der Waals surface area contributed by atoms with E-state index in [2.05, 4.69) is 10.5 Å². The highest BCUT2D eigenvalue weighted by Crippen LogP contribution is 2.28. The van der Waals surface area contributed by atoms with Crippen molar-refractivity contribution in [1.82, 2.24) is 15.4 Å². The number of halogens is 1. The van der Waals surface area contributed by atoms with E-state index in [9.17, 15) is 4.79 Å². The summed E-state index contributed by atoms with van der Waals surface area (Å²) in [4.78, 5) is 14.7. The highest BCUT2D eigenvalue weighted by atomic mass is 35.5. The van der Waals surface area contributed by atoms with Crippen LogP contribution in [0.15, 0.2) is 40.9 Å². The predicted octanol–water partition coefficient (Wildman–Crippen LogP) is 3.74. The van der Waals surface area contributed by atoms with Gasteiger partial charge in [-0.1, -0.05) is 29.4 Å². The number of likely N-dealkylation sites (N-methyl/N-ethyl adjacent to an activating group) is 2. The molecule has 0 aliphatic carbocycles. The number of carbonyl (C=O) groups excluding carboxylic acids is 1. The van der Waals surface area contributed by atoms with Crippen molar-refractivity contribution in [1.29, 1.82) is 0 Å². The van der Waals surface area contributed by atoms with Crippen LogP contribution in [0.25, 0.3) is 10.8 Å². The predicted molar refractivity (Wildman–Crippen MR) is 112 cm³/mol. The van der Waals surface area contributed by atoms with Crippen LogP contribution in [-0.2, 0) is 6.61 Å². The number of nitrogens with zero attached hydrogens (tertiary/aromatic N) is 2. The Morgan fingerprint density at radius 2 is 1.89 bits per heavy atom. The zero-order chi connectivity index (χ0) is 19.4. The fourth-order valence-corrected chi connectivity index (χ4v) is 2.95. The molecule has 0 aliphatic rings. The van der Waals surface area contributed by atoms with Crippen LogP contribution in [-0.4, -0.2) is 43.1 Å². The minimum atomic E-state index is -0.0650. The monoisotopic (exact) mass is 403 g/mol. The second kappa shape index (κ2) is 9.57. The van der Waals surface area contributed by atoms with E-state index in [0.29, 0.717) is 24.5 Å². The van der Waals surface area contributed by atoms with Gasteiger partial charge in [0.1, 0.15) is 18.1 Å². The third-order valence-electron chi connectivity index (χ3n) is 4.68. The molecular weight excluding hydrogens is 378 g/mol. The maximum absolute atomic E-state index is 13.0. The van der Waals surface area contributed by atoms with Crippen LogP contribution in [0.1, 0.15) is 27.4 Å². The lowest BCUT2D eigenvalue weighted by molar-refractivity contribution is 0.0792. The summed E-state index contributed by atoms with van der Waals surface area (Å²) >= 11 is 0. The molecule has 28 heavy (non-hydrogen) atoms. The first kappa shape index (κ1) is 21.7. The smallest absolute Gasteiger partial charge is 0.257 e. The van der Waals surface area contributed by atoms with Crippen molar-refractivity contribution in [2.24, 2.45) is 0 Å². The third kappa shape index (κ3) is 4.64. The van der Waals surface area contributed by atoms with Crippen LogP contribution in [0.3, 0.4) is 0 Å². The van der Waals surface area contributed by atoms with E-state index in [1.54, 1.807) is 11.9 Å². The lowest BCUT2D eigenvalue weighted by Gasteiger charge is -2.20. The number of carbonyl (C=O) groups is 1. The normalized spacial score (nSPS) is 10.6. The Balaban J connectivity index is 0.00000280. The molecule has 0 saturated heterocycles. The van der Waals surface area contributed by atoms with Crippen LogP contribution in [0.4, 0.5) is 0 Å². The van der Waals surface area contributed by atoms with Crippen LogP contribution in [0.5, 0.6) is 5.75 Å². The van der Waals surface area contributed by atoms with E-state index in [1.165, 1.54) is 0 Å². The lowest BCUT2D eigenvalue weighted by Crippen LogP contribution is -2.33. The number of nitrogens with one attached hydrogen (secondary N) is 1. The van der Waals surface area contributed by atoms with Crippen molar-refractivity contribution in [2.45, 2.75) is 20.5 Å². The van der Waals surface area contributed by atoms with Gasteiger partial charge >= 0.3 is 0 Å². The first-order valence-corrected chi connectivity index (χ1v) is 8.98. The summed E-state index contributed by atoms with van der Waals surface area (Å²) in [6.45, 7) is 5.39. The van der Waals surface area contributed by atoms with Crippen molar-refractivity contribution in [3.05, 3.63) is 59.0 Å². The molecule has 0 spiro atoms. The zero-order valence-electron chi connectivity index (χ0n) is 16.6. The molecule has 0 atom stereocenters. The Kier molecular flexibility index (Phi) is 7.43. The summed E-state index contributed by atoms with van der Waals surface area (Å²) in [5.74, 6) is 1.23. The van der Waals surface area contributed by atoms with Gasteiger partial charge in [0, 0.05) is 20.1 Å². The zero-order valence-corrected chi connectivity index (χ0v) is 17.4. The summed E-state index contributed by atoms with van der Waals surface area (Å²) in [6.07, 6.45) is 0. The molecule has 6 nitrogen and oxygen atoms in total. The van der Waals surface area contributed by atoms with Gasteiger partial charge in [-0.2, -0.15) is 0 Å². The number of hydrogen-bond acceptors (Lipinski definition) is 5. The summed E-state index contributed by atoms with van der Waals surface area (Å²) in [7, 11) is 3.67. The Morgan fingerprint density at radius 1 is 1.21 bits per heavy atom. The highest BCUT2D eigenvalue weighted by molar-refractivity contribution is 6.01. The van der Waals surface area contributed by atoms with Crippen molar-refractivity contribution in [3.8, 4) is 5.75 Å². The number of hydrogen-bond donors (Lipinski definition) is 1. The Labute approximate surface area is 171 Å². The third-order valence-corrected chi connectivity index (χ3v) is 4.68. The van der Waals surface area contributed by atoms with E-state index in [-0.39, 0.29) is 18.3 Å². The Morgan fingerprint density at radius 3 is 2.50 bits per heavy atom. The molecular formula is C21H26ClN3O3. The van der Waals surface area contributed by atoms with E-state index in [4.69, 9.17) is 9.26 Å². The van der Waals surface area contributed by atoms with Crippen molar-refractivity contribution in [3.63, 3.8) is 0 Å². The molecule has 1 N–H and O–H groups in total. The van der Waals surface area contributed by atoms with Gasteiger partial charge in [0.05, 0.1) is 16.8 Å². The van der Waals surface area contributed by atoms with Gasteiger partial charge in [0.15, 0.2) is 0 Å². The lowest BCUT2D eigenvalue weighted by atomic mass is 10.0. The van der Waals surface area contributed by atoms with E-state index >= 15 is 0 Å². The van der Waals surface area contributed by atoms with Crippen LogP contribution in [0.2, 0.25) is 0 Å². The molecule has 3 aromatic rings. The maximum atomic E-state index is 13.0. The fraction of sp³-hybridized carbons (Fsp3) is 0.333. The van der Waals surface area contributed by atoms with Gasteiger partial charge < -0.3 is 19.5 Å². The van der Waals surface area contributed by atoms with Gasteiger partial charge in [0.25, 0.3) is 5.91 Å². The van der Waals surface area contributed by atoms with Gasteiger partial charge in [-0.25, -0.2) is 0 Å². The molecule has 2 aromatic carbocycles. The topological polar surface area (TPSA) is 67.6 Å². The molecule has 0 bridgehead atoms. The largest absolute Gasteiger partial charge is 0.488 e. The quantitative estimate of drug-likeness (QED) is 0.651. The van der Waals surface area contributed by atoms with Gasteiger partial charge in [0.2, 0.25) is 0 Å². The van der Waals surface area contributed by atoms with Crippen LogP contribution >= 0.6 is 12.4 Å². The standard InChI is InChI=1S/C21H25N3O3.ClH/c1-14-19(15(2)27-23-14)13-26-20-12-17-8-6-5-7-16(17)11-18(20)21(25)24(4)10-9-22-3;/h5-8,11-12,22H,9-10,13H2,1-4H3;1H. The van der Waals surface area contributed by atoms with Crippen molar-refractivity contribution >= 4 is 29.1 Å². The molecule has 1 heterocycles. The molecule has 0 radical (unpaired) electrons. The number of amides is 1. The molecule has 1 amide bonds. The molecule has 0 unspecified atom stereocenters. The molecule has 0 saturated carbocycles. The van der Waals surface area contributed by atoms with Crippen molar-refractivity contribution < 1.29 is 14.1 Å². The van der Waals surface area contributed by atoms with E-state index in [0.717, 1.165) is 34.3 Å². The maximum Gasteiger partial charge on any atom is 0.257 e. The van der Waals surface area contributed by atoms with Crippen LogP contribution in [0, 0.1) is 13.8 Å². The van der Waals surface area contributed by atoms with E-state index < -0.39 is 0 Å². The average Bonchev–Trinajstić information content (AvgIpc) is 3.00. The summed E-state index contributed by atoms with van der Waals surface area (Å²) in [6, 6.07) is 11.8. The highest BCUT2D eigenvalue weighted by Gasteiger charge is 2.19. The Bertz CT molecular complexity index is 936. The molecule has 3 rings (SSSR count). The average molecular weight is 404 g/mol. The number of aryl methyl sites for hydroxylation is 2. The minimum absolute atomic E-state index is 0. The Hall–Kier alpha value is -2.57. The summed E-state index contributed by atoms with van der Waals surface area (Å²) in [5, 5.41) is 9.06.